The number of nitrogens with zero attached hydrogens (tertiary/aromatic N) is 4. The number of carbonyl (C=O) groups excluding carboxylic acids is 1. The summed E-state index contributed by atoms with van der Waals surface area (Å²) >= 11 is 0. The summed E-state index contributed by atoms with van der Waals surface area (Å²) in [4.78, 5) is 23.0. The van der Waals surface area contributed by atoms with Crippen molar-refractivity contribution in [3.8, 4) is 5.75 Å². The number of ether oxygens (including phenoxy) is 1. The fraction of sp³-hybridized carbons (Fsp3) is 0.429. The molecule has 1 saturated heterocycles. The SMILES string of the molecule is COc1ccccc1N1CCN(C(=O)CN(C)CCc2ccncc2)CC1. The van der Waals surface area contributed by atoms with Gasteiger partial charge in [-0.2, -0.15) is 0 Å². The molecule has 2 aromatic rings. The Balaban J connectivity index is 1.45. The van der Waals surface area contributed by atoms with Gasteiger partial charge in [0.2, 0.25) is 5.91 Å². The molecule has 6 nitrogen and oxygen atoms in total. The third kappa shape index (κ3) is 5.20. The standard InChI is InChI=1S/C21H28N4O2/c1-23(12-9-18-7-10-22-11-8-18)17-21(26)25-15-13-24(14-16-25)19-5-3-4-6-20(19)27-2/h3-8,10-11H,9,12-17H2,1-2H3. The van der Waals surface area contributed by atoms with Crippen LogP contribution in [-0.2, 0) is 11.2 Å². The lowest BCUT2D eigenvalue weighted by Crippen LogP contribution is -2.51. The Labute approximate surface area is 161 Å². The highest BCUT2D eigenvalue weighted by atomic mass is 16.5. The van der Waals surface area contributed by atoms with Crippen LogP contribution in [0.4, 0.5) is 5.69 Å². The van der Waals surface area contributed by atoms with Crippen LogP contribution in [0.2, 0.25) is 0 Å². The predicted octanol–water partition coefficient (Wildman–Crippen LogP) is 1.91. The van der Waals surface area contributed by atoms with E-state index in [-0.39, 0.29) is 5.91 Å². The van der Waals surface area contributed by atoms with Crippen molar-refractivity contribution in [1.82, 2.24) is 14.8 Å². The van der Waals surface area contributed by atoms with Crippen molar-refractivity contribution in [3.05, 3.63) is 54.4 Å². The molecule has 0 N–H and O–H groups in total. The minimum atomic E-state index is 0.201. The van der Waals surface area contributed by atoms with E-state index in [1.54, 1.807) is 7.11 Å². The second-order valence-electron chi connectivity index (χ2n) is 6.88. The number of methoxy groups -OCH3 is 1. The van der Waals surface area contributed by atoms with Gasteiger partial charge in [-0.3, -0.25) is 14.7 Å². The number of pyridine rings is 1. The lowest BCUT2D eigenvalue weighted by atomic mass is 10.2. The van der Waals surface area contributed by atoms with E-state index in [9.17, 15) is 4.79 Å². The number of aromatic nitrogens is 1. The van der Waals surface area contributed by atoms with E-state index in [1.807, 2.05) is 54.7 Å². The summed E-state index contributed by atoms with van der Waals surface area (Å²) < 4.78 is 5.46. The van der Waals surface area contributed by atoms with Crippen LogP contribution < -0.4 is 9.64 Å². The highest BCUT2D eigenvalue weighted by Gasteiger charge is 2.23. The minimum absolute atomic E-state index is 0.201. The molecule has 0 aliphatic carbocycles. The van der Waals surface area contributed by atoms with Crippen LogP contribution in [0.3, 0.4) is 0 Å². The largest absolute Gasteiger partial charge is 0.495 e. The molecule has 0 spiro atoms. The summed E-state index contributed by atoms with van der Waals surface area (Å²) in [6.45, 7) is 4.46. The van der Waals surface area contributed by atoms with E-state index in [0.29, 0.717) is 6.54 Å². The van der Waals surface area contributed by atoms with Crippen LogP contribution in [-0.4, -0.2) is 74.1 Å². The van der Waals surface area contributed by atoms with Gasteiger partial charge in [-0.1, -0.05) is 12.1 Å². The summed E-state index contributed by atoms with van der Waals surface area (Å²) in [6, 6.07) is 12.1. The first-order valence-corrected chi connectivity index (χ1v) is 9.40. The van der Waals surface area contributed by atoms with E-state index >= 15 is 0 Å². The van der Waals surface area contributed by atoms with Gasteiger partial charge in [-0.25, -0.2) is 0 Å². The van der Waals surface area contributed by atoms with Crippen molar-refractivity contribution in [1.29, 1.82) is 0 Å². The molecule has 0 unspecified atom stereocenters. The molecule has 2 heterocycles. The van der Waals surface area contributed by atoms with Gasteiger partial charge in [-0.05, 0) is 43.3 Å². The van der Waals surface area contributed by atoms with E-state index in [1.165, 1.54) is 5.56 Å². The van der Waals surface area contributed by atoms with Crippen molar-refractivity contribution >= 4 is 11.6 Å². The Bertz CT molecular complexity index is 730. The van der Waals surface area contributed by atoms with Crippen LogP contribution in [0, 0.1) is 0 Å². The van der Waals surface area contributed by atoms with Crippen LogP contribution in [0.5, 0.6) is 5.75 Å². The maximum Gasteiger partial charge on any atom is 0.236 e. The van der Waals surface area contributed by atoms with Gasteiger partial charge in [0.05, 0.1) is 19.3 Å². The molecule has 3 rings (SSSR count). The molecule has 0 atom stereocenters. The van der Waals surface area contributed by atoms with E-state index in [0.717, 1.165) is 50.6 Å². The Morgan fingerprint density at radius 1 is 1.11 bits per heavy atom. The van der Waals surface area contributed by atoms with Crippen LogP contribution in [0.25, 0.3) is 0 Å². The van der Waals surface area contributed by atoms with Gasteiger partial charge >= 0.3 is 0 Å². The number of likely N-dealkylation sites (N-methyl/N-ethyl adjacent to an activating group) is 1. The normalized spacial score (nSPS) is 14.5. The first-order valence-electron chi connectivity index (χ1n) is 9.40. The summed E-state index contributed by atoms with van der Waals surface area (Å²) in [6.07, 6.45) is 4.54. The van der Waals surface area contributed by atoms with Crippen LogP contribution >= 0.6 is 0 Å². The highest BCUT2D eigenvalue weighted by Crippen LogP contribution is 2.28. The maximum absolute atomic E-state index is 12.6. The van der Waals surface area contributed by atoms with Crippen LogP contribution in [0.1, 0.15) is 5.56 Å². The molecule has 144 valence electrons. The zero-order chi connectivity index (χ0) is 19.1. The van der Waals surface area contributed by atoms with Crippen molar-refractivity contribution in [2.75, 3.05) is 58.3 Å². The molecular formula is C21H28N4O2. The molecule has 1 aliphatic rings. The van der Waals surface area contributed by atoms with Gasteiger partial charge in [-0.15, -0.1) is 0 Å². The van der Waals surface area contributed by atoms with Gasteiger partial charge in [0, 0.05) is 45.1 Å². The zero-order valence-corrected chi connectivity index (χ0v) is 16.2. The minimum Gasteiger partial charge on any atom is -0.495 e. The number of hydrogen-bond acceptors (Lipinski definition) is 5. The molecule has 1 fully saturated rings. The zero-order valence-electron chi connectivity index (χ0n) is 16.2. The number of para-hydroxylation sites is 2. The smallest absolute Gasteiger partial charge is 0.236 e. The molecule has 0 radical (unpaired) electrons. The summed E-state index contributed by atoms with van der Waals surface area (Å²) in [5.41, 5.74) is 2.34. The molecule has 1 aromatic carbocycles. The number of carbonyl (C=O) groups is 1. The van der Waals surface area contributed by atoms with Crippen LogP contribution in [0.15, 0.2) is 48.8 Å². The first kappa shape index (κ1) is 19.2. The molecule has 1 aliphatic heterocycles. The third-order valence-corrected chi connectivity index (χ3v) is 4.99. The third-order valence-electron chi connectivity index (χ3n) is 4.99. The second-order valence-corrected chi connectivity index (χ2v) is 6.88. The van der Waals surface area contributed by atoms with Gasteiger partial charge in [0.1, 0.15) is 5.75 Å². The molecule has 1 amide bonds. The van der Waals surface area contributed by atoms with Gasteiger partial charge in [0.15, 0.2) is 0 Å². The molecule has 1 aromatic heterocycles. The van der Waals surface area contributed by atoms with Gasteiger partial charge in [0.25, 0.3) is 0 Å². The number of anilines is 1. The van der Waals surface area contributed by atoms with E-state index in [2.05, 4.69) is 20.9 Å². The average molecular weight is 368 g/mol. The van der Waals surface area contributed by atoms with E-state index < -0.39 is 0 Å². The fourth-order valence-electron chi connectivity index (χ4n) is 3.37. The second kappa shape index (κ2) is 9.37. The van der Waals surface area contributed by atoms with Crippen molar-refractivity contribution in [2.45, 2.75) is 6.42 Å². The molecular weight excluding hydrogens is 340 g/mol. The number of piperazine rings is 1. The Morgan fingerprint density at radius 3 is 2.52 bits per heavy atom. The van der Waals surface area contributed by atoms with Crippen molar-refractivity contribution in [3.63, 3.8) is 0 Å². The lowest BCUT2D eigenvalue weighted by Gasteiger charge is -2.37. The topological polar surface area (TPSA) is 48.9 Å². The van der Waals surface area contributed by atoms with E-state index in [4.69, 9.17) is 4.74 Å². The first-order chi connectivity index (χ1) is 13.2. The summed E-state index contributed by atoms with van der Waals surface area (Å²) in [5, 5.41) is 0. The fourth-order valence-corrected chi connectivity index (χ4v) is 3.37. The number of benzene rings is 1. The number of rotatable bonds is 7. The predicted molar refractivity (Wildman–Crippen MR) is 107 cm³/mol. The van der Waals surface area contributed by atoms with Crippen molar-refractivity contribution in [2.24, 2.45) is 0 Å². The number of amides is 1. The lowest BCUT2D eigenvalue weighted by molar-refractivity contribution is -0.132. The monoisotopic (exact) mass is 368 g/mol. The maximum atomic E-state index is 12.6. The molecule has 27 heavy (non-hydrogen) atoms. The quantitative estimate of drug-likeness (QED) is 0.747. The Kier molecular flexibility index (Phi) is 6.65. The molecule has 6 heteroatoms. The summed E-state index contributed by atoms with van der Waals surface area (Å²) in [7, 11) is 3.70. The van der Waals surface area contributed by atoms with Crippen molar-refractivity contribution < 1.29 is 9.53 Å². The summed E-state index contributed by atoms with van der Waals surface area (Å²) in [5.74, 6) is 1.08. The Hall–Kier alpha value is -2.60. The molecule has 0 saturated carbocycles. The highest BCUT2D eigenvalue weighted by molar-refractivity contribution is 5.78. The molecule has 0 bridgehead atoms. The van der Waals surface area contributed by atoms with Gasteiger partial charge < -0.3 is 14.5 Å². The average Bonchev–Trinajstić information content (AvgIpc) is 2.73. The number of hydrogen-bond donors (Lipinski definition) is 0. The Morgan fingerprint density at radius 2 is 1.81 bits per heavy atom.